The number of anilines is 2. The number of ether oxygens (including phenoxy) is 1. The van der Waals surface area contributed by atoms with Gasteiger partial charge in [0.1, 0.15) is 11.6 Å². The van der Waals surface area contributed by atoms with Gasteiger partial charge in [-0.05, 0) is 30.5 Å². The lowest BCUT2D eigenvalue weighted by Gasteiger charge is -2.37. The van der Waals surface area contributed by atoms with Crippen LogP contribution in [0.4, 0.5) is 29.7 Å². The molecule has 1 aromatic heterocycles. The summed E-state index contributed by atoms with van der Waals surface area (Å²) in [6, 6.07) is 2.20. The second-order valence-corrected chi connectivity index (χ2v) is 9.10. The lowest BCUT2D eigenvalue weighted by Crippen LogP contribution is -2.52. The van der Waals surface area contributed by atoms with Crippen molar-refractivity contribution in [2.75, 3.05) is 49.6 Å². The Morgan fingerprint density at radius 2 is 1.70 bits per heavy atom. The average Bonchev–Trinajstić information content (AvgIpc) is 3.40. The monoisotopic (exact) mass is 517 g/mol. The van der Waals surface area contributed by atoms with Crippen LogP contribution in [0.2, 0.25) is 0 Å². The van der Waals surface area contributed by atoms with E-state index in [0.29, 0.717) is 64.2 Å². The molecule has 10 nitrogen and oxygen atoms in total. The molecule has 0 radical (unpaired) electrons. The number of nitrogens with one attached hydrogen (secondary N) is 1. The summed E-state index contributed by atoms with van der Waals surface area (Å²) in [5.41, 5.74) is 0.331. The second kappa shape index (κ2) is 10.7. The van der Waals surface area contributed by atoms with Crippen molar-refractivity contribution in [2.24, 2.45) is 11.0 Å². The number of benzene rings is 1. The summed E-state index contributed by atoms with van der Waals surface area (Å²) >= 11 is 0. The van der Waals surface area contributed by atoms with Crippen LogP contribution >= 0.6 is 0 Å². The SMILES string of the molecule is O=C(Nc1nc(N2CCN(C(=O)N3N=CC[C@H]3c3cc(F)cc(F)c3)CC2)ncc1F)C1CCOCC1. The molecular formula is C24H26F3N7O3. The van der Waals surface area contributed by atoms with Crippen molar-refractivity contribution in [2.45, 2.75) is 25.3 Å². The molecule has 0 unspecified atom stereocenters. The van der Waals surface area contributed by atoms with Gasteiger partial charge in [-0.2, -0.15) is 10.1 Å². The third-order valence-electron chi connectivity index (χ3n) is 6.69. The Morgan fingerprint density at radius 3 is 2.41 bits per heavy atom. The third kappa shape index (κ3) is 5.50. The maximum absolute atomic E-state index is 14.3. The summed E-state index contributed by atoms with van der Waals surface area (Å²) in [6.45, 7) is 2.31. The largest absolute Gasteiger partial charge is 0.381 e. The van der Waals surface area contributed by atoms with Crippen LogP contribution in [0.15, 0.2) is 29.5 Å². The fourth-order valence-corrected chi connectivity index (χ4v) is 4.66. The summed E-state index contributed by atoms with van der Waals surface area (Å²) in [7, 11) is 0. The highest BCUT2D eigenvalue weighted by atomic mass is 19.1. The van der Waals surface area contributed by atoms with Gasteiger partial charge in [-0.15, -0.1) is 0 Å². The molecule has 1 N–H and O–H groups in total. The molecule has 2 saturated heterocycles. The molecule has 37 heavy (non-hydrogen) atoms. The van der Waals surface area contributed by atoms with Crippen molar-refractivity contribution in [3.05, 3.63) is 47.4 Å². The van der Waals surface area contributed by atoms with Gasteiger partial charge < -0.3 is 19.9 Å². The summed E-state index contributed by atoms with van der Waals surface area (Å²) in [5.74, 6) is -2.68. The fraction of sp³-hybridized carbons (Fsp3) is 0.458. The van der Waals surface area contributed by atoms with Gasteiger partial charge in [0.2, 0.25) is 11.9 Å². The third-order valence-corrected chi connectivity index (χ3v) is 6.69. The predicted molar refractivity (Wildman–Crippen MR) is 127 cm³/mol. The van der Waals surface area contributed by atoms with Gasteiger partial charge in [-0.3, -0.25) is 4.79 Å². The molecule has 2 fully saturated rings. The zero-order valence-corrected chi connectivity index (χ0v) is 19.9. The highest BCUT2D eigenvalue weighted by Crippen LogP contribution is 2.30. The van der Waals surface area contributed by atoms with Gasteiger partial charge in [-0.25, -0.2) is 28.0 Å². The van der Waals surface area contributed by atoms with E-state index in [1.807, 2.05) is 0 Å². The number of rotatable bonds is 4. The van der Waals surface area contributed by atoms with Gasteiger partial charge in [0, 0.05) is 64.0 Å². The van der Waals surface area contributed by atoms with Crippen molar-refractivity contribution in [1.29, 1.82) is 0 Å². The first-order valence-electron chi connectivity index (χ1n) is 12.1. The lowest BCUT2D eigenvalue weighted by atomic mass is 9.99. The van der Waals surface area contributed by atoms with Crippen LogP contribution in [0.1, 0.15) is 30.9 Å². The predicted octanol–water partition coefficient (Wildman–Crippen LogP) is 2.93. The van der Waals surface area contributed by atoms with E-state index in [0.717, 1.165) is 12.3 Å². The standard InChI is InChI=1S/C24H26F3N7O3/c25-17-11-16(12-18(26)13-17)20-1-4-29-34(20)24(36)33-7-5-32(6-8-33)23-28-14-19(27)21(31-23)30-22(35)15-2-9-37-10-3-15/h4,11-15,20H,1-3,5-10H2,(H,28,30,31,35)/t20-/m0/s1. The quantitative estimate of drug-likeness (QED) is 0.669. The molecule has 4 heterocycles. The van der Waals surface area contributed by atoms with E-state index in [1.165, 1.54) is 17.1 Å². The Labute approximate surface area is 211 Å². The van der Waals surface area contributed by atoms with Crippen LogP contribution in [-0.4, -0.2) is 77.4 Å². The summed E-state index contributed by atoms with van der Waals surface area (Å²) in [6.07, 6.45) is 4.04. The van der Waals surface area contributed by atoms with Crippen molar-refractivity contribution < 1.29 is 27.5 Å². The molecule has 5 rings (SSSR count). The number of hydrogen-bond acceptors (Lipinski definition) is 7. The maximum Gasteiger partial charge on any atom is 0.341 e. The Kier molecular flexibility index (Phi) is 7.22. The van der Waals surface area contributed by atoms with Crippen molar-refractivity contribution in [3.63, 3.8) is 0 Å². The number of nitrogens with zero attached hydrogens (tertiary/aromatic N) is 6. The zero-order valence-electron chi connectivity index (χ0n) is 19.9. The first kappa shape index (κ1) is 24.9. The van der Waals surface area contributed by atoms with E-state index in [9.17, 15) is 22.8 Å². The summed E-state index contributed by atoms with van der Waals surface area (Å²) < 4.78 is 47.0. The topological polar surface area (TPSA) is 103 Å². The van der Waals surface area contributed by atoms with Crippen LogP contribution in [0, 0.1) is 23.4 Å². The van der Waals surface area contributed by atoms with E-state index >= 15 is 0 Å². The first-order chi connectivity index (χ1) is 17.9. The van der Waals surface area contributed by atoms with E-state index in [-0.39, 0.29) is 29.6 Å². The van der Waals surface area contributed by atoms with E-state index < -0.39 is 23.5 Å². The minimum atomic E-state index is -0.732. The molecule has 3 amide bonds. The van der Waals surface area contributed by atoms with E-state index in [2.05, 4.69) is 20.4 Å². The Bertz CT molecular complexity index is 1180. The van der Waals surface area contributed by atoms with Crippen LogP contribution in [0.3, 0.4) is 0 Å². The number of hydrazone groups is 1. The molecular weight excluding hydrogens is 491 g/mol. The van der Waals surface area contributed by atoms with Gasteiger partial charge in [0.05, 0.1) is 12.2 Å². The highest BCUT2D eigenvalue weighted by molar-refractivity contribution is 5.92. The molecule has 0 bridgehead atoms. The van der Waals surface area contributed by atoms with Gasteiger partial charge in [0.25, 0.3) is 0 Å². The number of carbonyl (C=O) groups excluding carboxylic acids is 2. The minimum absolute atomic E-state index is 0.184. The normalized spacial score (nSPS) is 20.4. The number of hydrogen-bond donors (Lipinski definition) is 1. The minimum Gasteiger partial charge on any atom is -0.381 e. The van der Waals surface area contributed by atoms with Gasteiger partial charge in [0.15, 0.2) is 11.6 Å². The Hall–Kier alpha value is -3.74. The molecule has 0 spiro atoms. The number of carbonyl (C=O) groups is 2. The van der Waals surface area contributed by atoms with Crippen molar-refractivity contribution in [3.8, 4) is 0 Å². The zero-order chi connectivity index (χ0) is 25.9. The molecule has 2 aromatic rings. The highest BCUT2D eigenvalue weighted by Gasteiger charge is 2.34. The molecule has 3 aliphatic rings. The van der Waals surface area contributed by atoms with Crippen LogP contribution < -0.4 is 10.2 Å². The maximum atomic E-state index is 14.3. The summed E-state index contributed by atoms with van der Waals surface area (Å²) in [5, 5.41) is 7.94. The van der Waals surface area contributed by atoms with Crippen LogP contribution in [-0.2, 0) is 9.53 Å². The van der Waals surface area contributed by atoms with Gasteiger partial charge in [-0.1, -0.05) is 0 Å². The summed E-state index contributed by atoms with van der Waals surface area (Å²) in [4.78, 5) is 37.3. The van der Waals surface area contributed by atoms with Crippen molar-refractivity contribution in [1.82, 2.24) is 19.9 Å². The van der Waals surface area contributed by atoms with E-state index in [4.69, 9.17) is 4.74 Å². The number of halogens is 3. The molecule has 0 saturated carbocycles. The smallest absolute Gasteiger partial charge is 0.341 e. The number of aromatic nitrogens is 2. The molecule has 3 aliphatic heterocycles. The van der Waals surface area contributed by atoms with Crippen LogP contribution in [0.25, 0.3) is 0 Å². The number of urea groups is 1. The molecule has 196 valence electrons. The van der Waals surface area contributed by atoms with Crippen LogP contribution in [0.5, 0.6) is 0 Å². The fourth-order valence-electron chi connectivity index (χ4n) is 4.66. The number of piperazine rings is 1. The average molecular weight is 518 g/mol. The Morgan fingerprint density at radius 1 is 1.00 bits per heavy atom. The van der Waals surface area contributed by atoms with Gasteiger partial charge >= 0.3 is 6.03 Å². The first-order valence-corrected chi connectivity index (χ1v) is 12.1. The molecule has 13 heteroatoms. The Balaban J connectivity index is 1.21. The molecule has 0 aliphatic carbocycles. The lowest BCUT2D eigenvalue weighted by molar-refractivity contribution is -0.122. The second-order valence-electron chi connectivity index (χ2n) is 9.10. The number of amides is 3. The molecule has 1 atom stereocenters. The molecule has 1 aromatic carbocycles. The van der Waals surface area contributed by atoms with Crippen molar-refractivity contribution >= 4 is 29.9 Å². The van der Waals surface area contributed by atoms with E-state index in [1.54, 1.807) is 16.0 Å².